The second-order valence-corrected chi connectivity index (χ2v) is 4.81. The van der Waals surface area contributed by atoms with Crippen molar-refractivity contribution in [2.24, 2.45) is 0 Å². The lowest BCUT2D eigenvalue weighted by atomic mass is 9.96. The second-order valence-electron chi connectivity index (χ2n) is 3.76. The van der Waals surface area contributed by atoms with Crippen LogP contribution in [0.25, 0.3) is 0 Å². The molecule has 0 amide bonds. The standard InChI is InChI=1S/C11H13BrF2O/c1-6-4-7(2)9(8(3)5-6)10(15)11(12,13)14/h4-5,10,15H,1-3H3. The minimum atomic E-state index is -3.29. The van der Waals surface area contributed by atoms with Gasteiger partial charge in [0.05, 0.1) is 0 Å². The van der Waals surface area contributed by atoms with Gasteiger partial charge in [0.2, 0.25) is 0 Å². The molecule has 0 aliphatic rings. The second kappa shape index (κ2) is 4.18. The zero-order valence-electron chi connectivity index (χ0n) is 8.81. The number of rotatable bonds is 2. The predicted octanol–water partition coefficient (Wildman–Crippen LogP) is 3.63. The first-order valence-electron chi connectivity index (χ1n) is 4.56. The maximum absolute atomic E-state index is 12.9. The maximum Gasteiger partial charge on any atom is 0.330 e. The summed E-state index contributed by atoms with van der Waals surface area (Å²) < 4.78 is 25.9. The first-order chi connectivity index (χ1) is 6.73. The minimum Gasteiger partial charge on any atom is -0.381 e. The summed E-state index contributed by atoms with van der Waals surface area (Å²) in [6.07, 6.45) is -1.81. The van der Waals surface area contributed by atoms with Crippen LogP contribution in [0.1, 0.15) is 28.4 Å². The molecule has 1 unspecified atom stereocenters. The van der Waals surface area contributed by atoms with Crippen LogP contribution in [0.15, 0.2) is 12.1 Å². The molecule has 15 heavy (non-hydrogen) atoms. The Balaban J connectivity index is 3.26. The maximum atomic E-state index is 12.9. The molecule has 1 aromatic carbocycles. The predicted molar refractivity (Wildman–Crippen MR) is 59.5 cm³/mol. The van der Waals surface area contributed by atoms with E-state index >= 15 is 0 Å². The van der Waals surface area contributed by atoms with Gasteiger partial charge in [-0.2, -0.15) is 8.78 Å². The van der Waals surface area contributed by atoms with Crippen molar-refractivity contribution in [2.75, 3.05) is 0 Å². The molecule has 1 N–H and O–H groups in total. The largest absolute Gasteiger partial charge is 0.381 e. The van der Waals surface area contributed by atoms with Crippen LogP contribution in [0.4, 0.5) is 8.78 Å². The summed E-state index contributed by atoms with van der Waals surface area (Å²) >= 11 is 2.18. The molecule has 0 heterocycles. The third-order valence-corrected chi connectivity index (χ3v) is 2.76. The molecular weight excluding hydrogens is 266 g/mol. The van der Waals surface area contributed by atoms with Crippen LogP contribution in [0.5, 0.6) is 0 Å². The van der Waals surface area contributed by atoms with Gasteiger partial charge in [-0.15, -0.1) is 0 Å². The van der Waals surface area contributed by atoms with Crippen molar-refractivity contribution in [1.82, 2.24) is 0 Å². The van der Waals surface area contributed by atoms with Gasteiger partial charge in [0, 0.05) is 0 Å². The molecule has 4 heteroatoms. The van der Waals surface area contributed by atoms with Gasteiger partial charge >= 0.3 is 4.83 Å². The summed E-state index contributed by atoms with van der Waals surface area (Å²) in [7, 11) is 0. The molecule has 0 fully saturated rings. The molecule has 0 saturated carbocycles. The number of aryl methyl sites for hydroxylation is 3. The monoisotopic (exact) mass is 278 g/mol. The molecule has 0 radical (unpaired) electrons. The van der Waals surface area contributed by atoms with Crippen molar-refractivity contribution in [3.8, 4) is 0 Å². The van der Waals surface area contributed by atoms with Crippen molar-refractivity contribution in [2.45, 2.75) is 31.7 Å². The molecule has 0 bridgehead atoms. The van der Waals surface area contributed by atoms with Crippen LogP contribution >= 0.6 is 15.9 Å². The highest BCUT2D eigenvalue weighted by molar-refractivity contribution is 9.10. The highest BCUT2D eigenvalue weighted by atomic mass is 79.9. The first kappa shape index (κ1) is 12.6. The lowest BCUT2D eigenvalue weighted by Crippen LogP contribution is -2.20. The molecule has 0 aromatic heterocycles. The Bertz CT molecular complexity index is 348. The lowest BCUT2D eigenvalue weighted by Gasteiger charge is -2.21. The van der Waals surface area contributed by atoms with E-state index in [1.165, 1.54) is 0 Å². The SMILES string of the molecule is Cc1cc(C)c(C(O)C(F)(F)Br)c(C)c1. The zero-order valence-corrected chi connectivity index (χ0v) is 10.4. The summed E-state index contributed by atoms with van der Waals surface area (Å²) in [6, 6.07) is 3.56. The van der Waals surface area contributed by atoms with Crippen LogP contribution < -0.4 is 0 Å². The number of halogens is 3. The average molecular weight is 279 g/mol. The van der Waals surface area contributed by atoms with Crippen LogP contribution in [-0.2, 0) is 0 Å². The molecule has 0 aliphatic heterocycles. The van der Waals surface area contributed by atoms with Crippen molar-refractivity contribution in [1.29, 1.82) is 0 Å². The molecule has 0 spiro atoms. The number of alkyl halides is 3. The van der Waals surface area contributed by atoms with Crippen molar-refractivity contribution in [3.05, 3.63) is 34.4 Å². The number of aliphatic hydroxyl groups excluding tert-OH is 1. The van der Waals surface area contributed by atoms with E-state index in [0.29, 0.717) is 16.7 Å². The van der Waals surface area contributed by atoms with E-state index in [0.717, 1.165) is 5.56 Å². The molecule has 1 rings (SSSR count). The van der Waals surface area contributed by atoms with Gasteiger partial charge in [-0.05, 0) is 53.4 Å². The van der Waals surface area contributed by atoms with Gasteiger partial charge in [-0.1, -0.05) is 17.7 Å². The third kappa shape index (κ3) is 2.75. The Morgan fingerprint density at radius 1 is 1.20 bits per heavy atom. The van der Waals surface area contributed by atoms with E-state index in [9.17, 15) is 13.9 Å². The van der Waals surface area contributed by atoms with Crippen LogP contribution in [-0.4, -0.2) is 9.94 Å². The Morgan fingerprint density at radius 3 is 1.93 bits per heavy atom. The molecule has 84 valence electrons. The number of benzene rings is 1. The molecule has 0 saturated heterocycles. The summed E-state index contributed by atoms with van der Waals surface area (Å²) in [5.41, 5.74) is 2.65. The molecule has 0 aliphatic carbocycles. The van der Waals surface area contributed by atoms with Crippen molar-refractivity contribution < 1.29 is 13.9 Å². The normalized spacial score (nSPS) is 14.1. The van der Waals surface area contributed by atoms with E-state index < -0.39 is 10.9 Å². The van der Waals surface area contributed by atoms with Gasteiger partial charge in [-0.25, -0.2) is 0 Å². The Hall–Kier alpha value is -0.480. The fourth-order valence-electron chi connectivity index (χ4n) is 1.79. The Kier molecular flexibility index (Phi) is 3.51. The molecule has 1 atom stereocenters. The van der Waals surface area contributed by atoms with E-state index in [4.69, 9.17) is 0 Å². The topological polar surface area (TPSA) is 20.2 Å². The van der Waals surface area contributed by atoms with Gasteiger partial charge < -0.3 is 5.11 Å². The fraction of sp³-hybridized carbons (Fsp3) is 0.455. The molecular formula is C11H13BrF2O. The number of hydrogen-bond donors (Lipinski definition) is 1. The van der Waals surface area contributed by atoms with E-state index in [2.05, 4.69) is 15.9 Å². The lowest BCUT2D eigenvalue weighted by molar-refractivity contribution is -0.0301. The van der Waals surface area contributed by atoms with E-state index in [1.807, 2.05) is 6.92 Å². The molecule has 1 nitrogen and oxygen atoms in total. The van der Waals surface area contributed by atoms with Crippen LogP contribution in [0.3, 0.4) is 0 Å². The van der Waals surface area contributed by atoms with Crippen molar-refractivity contribution >= 4 is 15.9 Å². The van der Waals surface area contributed by atoms with E-state index in [-0.39, 0.29) is 0 Å². The summed E-state index contributed by atoms with van der Waals surface area (Å²) in [5, 5.41) is 9.51. The van der Waals surface area contributed by atoms with Crippen molar-refractivity contribution in [3.63, 3.8) is 0 Å². The van der Waals surface area contributed by atoms with E-state index in [1.54, 1.807) is 26.0 Å². The minimum absolute atomic E-state index is 0.294. The van der Waals surface area contributed by atoms with Gasteiger partial charge in [0.15, 0.2) is 6.10 Å². The van der Waals surface area contributed by atoms with Gasteiger partial charge in [0.1, 0.15) is 0 Å². The third-order valence-electron chi connectivity index (χ3n) is 2.32. The zero-order chi connectivity index (χ0) is 11.8. The van der Waals surface area contributed by atoms with Gasteiger partial charge in [-0.3, -0.25) is 0 Å². The first-order valence-corrected chi connectivity index (χ1v) is 5.35. The summed E-state index contributed by atoms with van der Waals surface area (Å²) in [4.78, 5) is -3.29. The van der Waals surface area contributed by atoms with Crippen LogP contribution in [0.2, 0.25) is 0 Å². The summed E-state index contributed by atoms with van der Waals surface area (Å²) in [5.74, 6) is 0. The fourth-order valence-corrected chi connectivity index (χ4v) is 2.02. The number of aliphatic hydroxyl groups is 1. The Labute approximate surface area is 96.2 Å². The molecule has 1 aromatic rings. The highest BCUT2D eigenvalue weighted by Crippen LogP contribution is 2.39. The van der Waals surface area contributed by atoms with Crippen LogP contribution in [0, 0.1) is 20.8 Å². The highest BCUT2D eigenvalue weighted by Gasteiger charge is 2.37. The Morgan fingerprint density at radius 2 is 1.60 bits per heavy atom. The average Bonchev–Trinajstić information content (AvgIpc) is 1.99. The number of hydrogen-bond acceptors (Lipinski definition) is 1. The smallest absolute Gasteiger partial charge is 0.330 e. The van der Waals surface area contributed by atoms with Gasteiger partial charge in [0.25, 0.3) is 0 Å². The quantitative estimate of drug-likeness (QED) is 0.819. The summed E-state index contributed by atoms with van der Waals surface area (Å²) in [6.45, 7) is 5.33.